The molecule has 0 saturated carbocycles. The van der Waals surface area contributed by atoms with Crippen molar-refractivity contribution in [3.8, 4) is 0 Å². The van der Waals surface area contributed by atoms with Gasteiger partial charge < -0.3 is 15.4 Å². The average Bonchev–Trinajstić information content (AvgIpc) is 2.59. The maximum absolute atomic E-state index is 11.8. The van der Waals surface area contributed by atoms with Gasteiger partial charge in [-0.25, -0.2) is 0 Å². The molecule has 5 heteroatoms. The van der Waals surface area contributed by atoms with E-state index in [1.807, 2.05) is 0 Å². The summed E-state index contributed by atoms with van der Waals surface area (Å²) in [7, 11) is 0. The first-order chi connectivity index (χ1) is 13.5. The molecule has 0 aliphatic carbocycles. The van der Waals surface area contributed by atoms with Crippen LogP contribution in [0.1, 0.15) is 106 Å². The summed E-state index contributed by atoms with van der Waals surface area (Å²) < 4.78 is 5.57. The van der Waals surface area contributed by atoms with Crippen molar-refractivity contribution in [3.63, 3.8) is 0 Å². The van der Waals surface area contributed by atoms with Crippen LogP contribution in [0.15, 0.2) is 0 Å². The zero-order valence-corrected chi connectivity index (χ0v) is 20.1. The van der Waals surface area contributed by atoms with Crippen LogP contribution in [0.5, 0.6) is 0 Å². The SMILES string of the molecule is CC(C)(C)CCCCC(=O)NCCCOCCCNC(=O)CCCCC(C)(C)C. The summed E-state index contributed by atoms with van der Waals surface area (Å²) in [5, 5.41) is 5.91. The number of rotatable bonds is 16. The second-order valence-corrected chi connectivity index (χ2v) is 10.6. The van der Waals surface area contributed by atoms with Gasteiger partial charge in [0.05, 0.1) is 0 Å². The van der Waals surface area contributed by atoms with Crippen LogP contribution in [-0.4, -0.2) is 38.1 Å². The van der Waals surface area contributed by atoms with Crippen LogP contribution in [0.2, 0.25) is 0 Å². The number of carbonyl (C=O) groups excluding carboxylic acids is 2. The molecule has 0 aliphatic heterocycles. The number of unbranched alkanes of at least 4 members (excludes halogenated alkanes) is 2. The van der Waals surface area contributed by atoms with Gasteiger partial charge in [0, 0.05) is 39.1 Å². The van der Waals surface area contributed by atoms with Gasteiger partial charge in [0.25, 0.3) is 0 Å². The number of ether oxygens (including phenoxy) is 1. The normalized spacial score (nSPS) is 12.1. The summed E-state index contributed by atoms with van der Waals surface area (Å²) in [6, 6.07) is 0. The molecule has 0 fully saturated rings. The minimum absolute atomic E-state index is 0.143. The second kappa shape index (κ2) is 15.7. The Morgan fingerprint density at radius 2 is 1.00 bits per heavy atom. The number of nitrogens with one attached hydrogen (secondary N) is 2. The van der Waals surface area contributed by atoms with Crippen LogP contribution >= 0.6 is 0 Å². The lowest BCUT2D eigenvalue weighted by molar-refractivity contribution is -0.122. The van der Waals surface area contributed by atoms with Crippen molar-refractivity contribution in [3.05, 3.63) is 0 Å². The molecule has 5 nitrogen and oxygen atoms in total. The smallest absolute Gasteiger partial charge is 0.219 e. The summed E-state index contributed by atoms with van der Waals surface area (Å²) in [5.74, 6) is 0.285. The molecule has 2 amide bonds. The van der Waals surface area contributed by atoms with Crippen molar-refractivity contribution >= 4 is 11.8 Å². The Morgan fingerprint density at radius 1 is 0.621 bits per heavy atom. The molecule has 172 valence electrons. The summed E-state index contributed by atoms with van der Waals surface area (Å²) in [6.07, 6.45) is 9.34. The van der Waals surface area contributed by atoms with Crippen LogP contribution < -0.4 is 10.6 Å². The standard InChI is InChI=1S/C24H48N2O3/c1-23(2,3)15-9-7-13-21(27)25-17-11-19-29-20-12-18-26-22(28)14-8-10-16-24(4,5)6/h7-20H2,1-6H3,(H,25,27)(H,26,28). The van der Waals surface area contributed by atoms with Crippen molar-refractivity contribution in [1.82, 2.24) is 10.6 Å². The number of hydrogen-bond donors (Lipinski definition) is 2. The fourth-order valence-electron chi connectivity index (χ4n) is 2.96. The largest absolute Gasteiger partial charge is 0.381 e. The van der Waals surface area contributed by atoms with Gasteiger partial charge in [0.15, 0.2) is 0 Å². The van der Waals surface area contributed by atoms with E-state index in [9.17, 15) is 9.59 Å². The fourth-order valence-corrected chi connectivity index (χ4v) is 2.96. The van der Waals surface area contributed by atoms with Crippen LogP contribution in [0.25, 0.3) is 0 Å². The van der Waals surface area contributed by atoms with E-state index in [-0.39, 0.29) is 11.8 Å². The number of hydrogen-bond acceptors (Lipinski definition) is 3. The Balaban J connectivity index is 3.36. The predicted octanol–water partition coefficient (Wildman–Crippen LogP) is 5.23. The Bertz CT molecular complexity index is 396. The molecule has 0 atom stereocenters. The topological polar surface area (TPSA) is 67.4 Å². The van der Waals surface area contributed by atoms with Gasteiger partial charge >= 0.3 is 0 Å². The second-order valence-electron chi connectivity index (χ2n) is 10.6. The predicted molar refractivity (Wildman–Crippen MR) is 122 cm³/mol. The van der Waals surface area contributed by atoms with Crippen molar-refractivity contribution in [2.75, 3.05) is 26.3 Å². The molecule has 29 heavy (non-hydrogen) atoms. The molecule has 2 N–H and O–H groups in total. The highest BCUT2D eigenvalue weighted by Gasteiger charge is 2.10. The lowest BCUT2D eigenvalue weighted by Crippen LogP contribution is -2.26. The molecule has 0 aromatic rings. The summed E-state index contributed by atoms with van der Waals surface area (Å²) in [4.78, 5) is 23.5. The maximum Gasteiger partial charge on any atom is 0.219 e. The molecule has 0 radical (unpaired) electrons. The van der Waals surface area contributed by atoms with Crippen LogP contribution in [-0.2, 0) is 14.3 Å². The van der Waals surface area contributed by atoms with E-state index in [0.717, 1.165) is 51.4 Å². The molecule has 0 aliphatic rings. The molecule has 0 rings (SSSR count). The van der Waals surface area contributed by atoms with Gasteiger partial charge in [-0.15, -0.1) is 0 Å². The first-order valence-electron chi connectivity index (χ1n) is 11.6. The van der Waals surface area contributed by atoms with Crippen LogP contribution in [0.3, 0.4) is 0 Å². The summed E-state index contributed by atoms with van der Waals surface area (Å²) in [6.45, 7) is 16.0. The van der Waals surface area contributed by atoms with Gasteiger partial charge in [-0.1, -0.05) is 54.4 Å². The third-order valence-corrected chi connectivity index (χ3v) is 4.74. The van der Waals surface area contributed by atoms with Crippen LogP contribution in [0, 0.1) is 10.8 Å². The molecule has 0 unspecified atom stereocenters. The average molecular weight is 413 g/mol. The van der Waals surface area contributed by atoms with Gasteiger partial charge in [-0.05, 0) is 49.4 Å². The monoisotopic (exact) mass is 412 g/mol. The van der Waals surface area contributed by atoms with E-state index in [4.69, 9.17) is 4.74 Å². The lowest BCUT2D eigenvalue weighted by Gasteiger charge is -2.17. The summed E-state index contributed by atoms with van der Waals surface area (Å²) >= 11 is 0. The van der Waals surface area contributed by atoms with Crippen molar-refractivity contribution in [1.29, 1.82) is 0 Å². The molecule has 0 heterocycles. The Hall–Kier alpha value is -1.10. The fraction of sp³-hybridized carbons (Fsp3) is 0.917. The van der Waals surface area contributed by atoms with Gasteiger partial charge in [-0.3, -0.25) is 9.59 Å². The molecule has 0 bridgehead atoms. The third kappa shape index (κ3) is 23.0. The zero-order valence-electron chi connectivity index (χ0n) is 20.1. The molecule has 0 aromatic heterocycles. The van der Waals surface area contributed by atoms with E-state index in [1.165, 1.54) is 0 Å². The van der Waals surface area contributed by atoms with Gasteiger partial charge in [0.1, 0.15) is 0 Å². The molecular weight excluding hydrogens is 364 g/mol. The minimum atomic E-state index is 0.143. The summed E-state index contributed by atoms with van der Waals surface area (Å²) in [5.41, 5.74) is 0.700. The van der Waals surface area contributed by atoms with E-state index in [1.54, 1.807) is 0 Å². The molecular formula is C24H48N2O3. The number of amides is 2. The zero-order chi connectivity index (χ0) is 22.2. The van der Waals surface area contributed by atoms with Gasteiger partial charge in [0.2, 0.25) is 11.8 Å². The van der Waals surface area contributed by atoms with Crippen molar-refractivity contribution in [2.24, 2.45) is 10.8 Å². The van der Waals surface area contributed by atoms with E-state index < -0.39 is 0 Å². The molecule has 0 saturated heterocycles. The third-order valence-electron chi connectivity index (χ3n) is 4.74. The van der Waals surface area contributed by atoms with E-state index in [0.29, 0.717) is 50.0 Å². The first kappa shape index (κ1) is 27.9. The quantitative estimate of drug-likeness (QED) is 0.341. The molecule has 0 aromatic carbocycles. The Morgan fingerprint density at radius 3 is 1.34 bits per heavy atom. The first-order valence-corrected chi connectivity index (χ1v) is 11.6. The lowest BCUT2D eigenvalue weighted by atomic mass is 9.89. The van der Waals surface area contributed by atoms with Crippen LogP contribution in [0.4, 0.5) is 0 Å². The highest BCUT2D eigenvalue weighted by atomic mass is 16.5. The minimum Gasteiger partial charge on any atom is -0.381 e. The van der Waals surface area contributed by atoms with Gasteiger partial charge in [-0.2, -0.15) is 0 Å². The van der Waals surface area contributed by atoms with E-state index >= 15 is 0 Å². The number of carbonyl (C=O) groups is 2. The van der Waals surface area contributed by atoms with Crippen molar-refractivity contribution in [2.45, 2.75) is 106 Å². The molecule has 0 spiro atoms. The Labute approximate surface area is 180 Å². The van der Waals surface area contributed by atoms with Crippen molar-refractivity contribution < 1.29 is 14.3 Å². The highest BCUT2D eigenvalue weighted by molar-refractivity contribution is 5.76. The van der Waals surface area contributed by atoms with E-state index in [2.05, 4.69) is 52.2 Å². The maximum atomic E-state index is 11.8. The highest BCUT2D eigenvalue weighted by Crippen LogP contribution is 2.22. The Kier molecular flexibility index (Phi) is 15.1.